The summed E-state index contributed by atoms with van der Waals surface area (Å²) in [4.78, 5) is 3.95. The van der Waals surface area contributed by atoms with Crippen LogP contribution in [0.15, 0.2) is 22.7 Å². The maximum Gasteiger partial charge on any atom is 0.218 e. The number of rotatable bonds is 1. The van der Waals surface area contributed by atoms with Crippen LogP contribution in [0.25, 0.3) is 11.4 Å². The molecule has 0 radical (unpaired) electrons. The fourth-order valence-electron chi connectivity index (χ4n) is 1.18. The number of hydrogen-bond acceptors (Lipinski definition) is 3. The summed E-state index contributed by atoms with van der Waals surface area (Å²) < 4.78 is 15.6. The van der Waals surface area contributed by atoms with Crippen molar-refractivity contribution in [1.29, 1.82) is 0 Å². The SMILES string of the molecule is Cn1nc(-c2ccc(Br)cc2F)nc1N. The van der Waals surface area contributed by atoms with E-state index < -0.39 is 0 Å². The van der Waals surface area contributed by atoms with Crippen molar-refractivity contribution >= 4 is 21.9 Å². The van der Waals surface area contributed by atoms with E-state index in [0.717, 1.165) is 0 Å². The molecule has 0 fully saturated rings. The van der Waals surface area contributed by atoms with E-state index in [9.17, 15) is 4.39 Å². The van der Waals surface area contributed by atoms with Crippen LogP contribution < -0.4 is 5.73 Å². The van der Waals surface area contributed by atoms with E-state index in [-0.39, 0.29) is 11.8 Å². The minimum absolute atomic E-state index is 0.257. The lowest BCUT2D eigenvalue weighted by molar-refractivity contribution is 0.628. The highest BCUT2D eigenvalue weighted by Gasteiger charge is 2.11. The van der Waals surface area contributed by atoms with Crippen LogP contribution in [0.5, 0.6) is 0 Å². The van der Waals surface area contributed by atoms with Gasteiger partial charge in [-0.3, -0.25) is 0 Å². The van der Waals surface area contributed by atoms with Crippen LogP contribution >= 0.6 is 15.9 Å². The highest BCUT2D eigenvalue weighted by Crippen LogP contribution is 2.23. The fraction of sp³-hybridized carbons (Fsp3) is 0.111. The Hall–Kier alpha value is -1.43. The first kappa shape index (κ1) is 10.1. The number of nitrogens with zero attached hydrogens (tertiary/aromatic N) is 3. The second kappa shape index (κ2) is 3.62. The molecule has 0 unspecified atom stereocenters. The third kappa shape index (κ3) is 1.85. The second-order valence-electron chi connectivity index (χ2n) is 3.04. The number of nitrogen functional groups attached to an aromatic ring is 1. The number of halogens is 2. The molecule has 1 heterocycles. The monoisotopic (exact) mass is 270 g/mol. The van der Waals surface area contributed by atoms with Gasteiger partial charge in [0.25, 0.3) is 0 Å². The molecule has 0 spiro atoms. The number of hydrogen-bond donors (Lipinski definition) is 1. The van der Waals surface area contributed by atoms with Crippen molar-refractivity contribution in [1.82, 2.24) is 14.8 Å². The van der Waals surface area contributed by atoms with Gasteiger partial charge in [-0.2, -0.15) is 4.98 Å². The van der Waals surface area contributed by atoms with Crippen molar-refractivity contribution in [3.63, 3.8) is 0 Å². The Bertz CT molecular complexity index is 489. The van der Waals surface area contributed by atoms with Gasteiger partial charge in [0.15, 0.2) is 5.82 Å². The van der Waals surface area contributed by atoms with Gasteiger partial charge in [-0.1, -0.05) is 15.9 Å². The molecule has 1 aromatic carbocycles. The van der Waals surface area contributed by atoms with E-state index in [1.807, 2.05) is 0 Å². The molecule has 2 rings (SSSR count). The van der Waals surface area contributed by atoms with E-state index in [4.69, 9.17) is 5.73 Å². The van der Waals surface area contributed by atoms with Gasteiger partial charge in [0.1, 0.15) is 5.82 Å². The van der Waals surface area contributed by atoms with Crippen molar-refractivity contribution in [2.75, 3.05) is 5.73 Å². The topological polar surface area (TPSA) is 56.7 Å². The third-order valence-electron chi connectivity index (χ3n) is 1.97. The Morgan fingerprint density at radius 1 is 1.47 bits per heavy atom. The van der Waals surface area contributed by atoms with Gasteiger partial charge >= 0.3 is 0 Å². The average Bonchev–Trinajstić information content (AvgIpc) is 2.46. The van der Waals surface area contributed by atoms with Crippen LogP contribution in [-0.2, 0) is 7.05 Å². The lowest BCUT2D eigenvalue weighted by Crippen LogP contribution is -1.97. The molecular formula is C9H8BrFN4. The van der Waals surface area contributed by atoms with Gasteiger partial charge in [0.05, 0.1) is 5.56 Å². The third-order valence-corrected chi connectivity index (χ3v) is 2.46. The van der Waals surface area contributed by atoms with Crippen molar-refractivity contribution < 1.29 is 4.39 Å². The Morgan fingerprint density at radius 3 is 2.73 bits per heavy atom. The summed E-state index contributed by atoms with van der Waals surface area (Å²) in [5, 5.41) is 4.00. The maximum absolute atomic E-state index is 13.5. The van der Waals surface area contributed by atoms with E-state index in [2.05, 4.69) is 26.0 Å². The van der Waals surface area contributed by atoms with Crippen molar-refractivity contribution in [2.45, 2.75) is 0 Å². The highest BCUT2D eigenvalue weighted by molar-refractivity contribution is 9.10. The molecule has 78 valence electrons. The van der Waals surface area contributed by atoms with Gasteiger partial charge in [-0.15, -0.1) is 5.10 Å². The van der Waals surface area contributed by atoms with Gasteiger partial charge in [-0.05, 0) is 18.2 Å². The molecule has 0 saturated heterocycles. The molecule has 15 heavy (non-hydrogen) atoms. The minimum Gasteiger partial charge on any atom is -0.368 e. The summed E-state index contributed by atoms with van der Waals surface area (Å²) in [6.45, 7) is 0. The molecule has 0 saturated carbocycles. The van der Waals surface area contributed by atoms with Crippen molar-refractivity contribution in [3.05, 3.63) is 28.5 Å². The Balaban J connectivity index is 2.54. The molecule has 6 heteroatoms. The standard InChI is InChI=1S/C9H8BrFN4/c1-15-9(12)13-8(14-15)6-3-2-5(10)4-7(6)11/h2-4H,1H3,(H2,12,13,14). The number of nitrogens with two attached hydrogens (primary N) is 1. The predicted molar refractivity (Wildman–Crippen MR) is 58.5 cm³/mol. The number of benzene rings is 1. The molecule has 0 amide bonds. The van der Waals surface area contributed by atoms with Gasteiger partial charge in [0.2, 0.25) is 5.95 Å². The number of anilines is 1. The van der Waals surface area contributed by atoms with Crippen LogP contribution in [0.1, 0.15) is 0 Å². The van der Waals surface area contributed by atoms with Crippen LogP contribution in [0.3, 0.4) is 0 Å². The summed E-state index contributed by atoms with van der Waals surface area (Å²) in [7, 11) is 1.66. The van der Waals surface area contributed by atoms with E-state index >= 15 is 0 Å². The predicted octanol–water partition coefficient (Wildman–Crippen LogP) is 1.97. The zero-order valence-corrected chi connectivity index (χ0v) is 9.49. The summed E-state index contributed by atoms with van der Waals surface area (Å²) in [6, 6.07) is 4.70. The summed E-state index contributed by atoms with van der Waals surface area (Å²) in [5.74, 6) is 0.169. The van der Waals surface area contributed by atoms with E-state index in [1.54, 1.807) is 19.2 Å². The minimum atomic E-state index is -0.380. The molecule has 2 N–H and O–H groups in total. The summed E-state index contributed by atoms with van der Waals surface area (Å²) in [6.07, 6.45) is 0. The quantitative estimate of drug-likeness (QED) is 0.862. The zero-order valence-electron chi connectivity index (χ0n) is 7.91. The van der Waals surface area contributed by atoms with Gasteiger partial charge in [-0.25, -0.2) is 9.07 Å². The Morgan fingerprint density at radius 2 is 2.20 bits per heavy atom. The molecule has 0 atom stereocenters. The Labute approximate surface area is 94.1 Å². The smallest absolute Gasteiger partial charge is 0.218 e. The molecule has 0 aliphatic carbocycles. The first-order chi connectivity index (χ1) is 7.08. The summed E-state index contributed by atoms with van der Waals surface area (Å²) >= 11 is 3.18. The molecule has 0 bridgehead atoms. The average molecular weight is 271 g/mol. The van der Waals surface area contributed by atoms with E-state index in [0.29, 0.717) is 15.9 Å². The molecule has 1 aromatic heterocycles. The van der Waals surface area contributed by atoms with Crippen molar-refractivity contribution in [3.8, 4) is 11.4 Å². The Kier molecular flexibility index (Phi) is 2.44. The molecule has 4 nitrogen and oxygen atoms in total. The van der Waals surface area contributed by atoms with Crippen LogP contribution in [0.2, 0.25) is 0 Å². The maximum atomic E-state index is 13.5. The molecule has 0 aliphatic heterocycles. The zero-order chi connectivity index (χ0) is 11.0. The first-order valence-corrected chi connectivity index (χ1v) is 4.99. The molecule has 2 aromatic rings. The largest absolute Gasteiger partial charge is 0.368 e. The number of aromatic nitrogens is 3. The van der Waals surface area contributed by atoms with E-state index in [1.165, 1.54) is 10.7 Å². The second-order valence-corrected chi connectivity index (χ2v) is 3.96. The van der Waals surface area contributed by atoms with Gasteiger partial charge < -0.3 is 5.73 Å². The fourth-order valence-corrected chi connectivity index (χ4v) is 1.51. The van der Waals surface area contributed by atoms with Gasteiger partial charge in [0, 0.05) is 11.5 Å². The normalized spacial score (nSPS) is 10.6. The highest BCUT2D eigenvalue weighted by atomic mass is 79.9. The number of aryl methyl sites for hydroxylation is 1. The lowest BCUT2D eigenvalue weighted by atomic mass is 10.2. The summed E-state index contributed by atoms with van der Waals surface area (Å²) in [5.41, 5.74) is 5.85. The lowest BCUT2D eigenvalue weighted by Gasteiger charge is -1.97. The molecular weight excluding hydrogens is 263 g/mol. The van der Waals surface area contributed by atoms with Crippen molar-refractivity contribution in [2.24, 2.45) is 7.05 Å². The van der Waals surface area contributed by atoms with Crippen LogP contribution in [0.4, 0.5) is 10.3 Å². The van der Waals surface area contributed by atoms with Crippen LogP contribution in [-0.4, -0.2) is 14.8 Å². The van der Waals surface area contributed by atoms with Crippen LogP contribution in [0, 0.1) is 5.82 Å². The first-order valence-electron chi connectivity index (χ1n) is 4.20. The molecule has 0 aliphatic rings.